The standard InChI is InChI=1S/C14H22N4O.2ClH/c1-11(15)14(19)17-10-12-5-6-16-13(9-12)18-7-3-2-4-8-18;;/h5-6,9,11H,2-4,7-8,10,15H2,1H3,(H,17,19);2*1H/t11-;;/m1../s1. The summed E-state index contributed by atoms with van der Waals surface area (Å²) < 4.78 is 0. The first-order valence-corrected chi connectivity index (χ1v) is 6.90. The highest BCUT2D eigenvalue weighted by Crippen LogP contribution is 2.18. The Morgan fingerprint density at radius 3 is 2.67 bits per heavy atom. The summed E-state index contributed by atoms with van der Waals surface area (Å²) in [6.07, 6.45) is 5.57. The average molecular weight is 335 g/mol. The Morgan fingerprint density at radius 2 is 2.05 bits per heavy atom. The Hall–Kier alpha value is -1.04. The molecule has 120 valence electrons. The quantitative estimate of drug-likeness (QED) is 0.881. The van der Waals surface area contributed by atoms with Gasteiger partial charge in [-0.2, -0.15) is 0 Å². The molecule has 0 unspecified atom stereocenters. The lowest BCUT2D eigenvalue weighted by Gasteiger charge is -2.27. The van der Waals surface area contributed by atoms with Gasteiger partial charge < -0.3 is 16.0 Å². The number of halogens is 2. The summed E-state index contributed by atoms with van der Waals surface area (Å²) in [7, 11) is 0. The van der Waals surface area contributed by atoms with E-state index < -0.39 is 6.04 Å². The van der Waals surface area contributed by atoms with Crippen molar-refractivity contribution in [3.8, 4) is 0 Å². The number of amides is 1. The maximum absolute atomic E-state index is 11.4. The van der Waals surface area contributed by atoms with Crippen molar-refractivity contribution in [2.45, 2.75) is 38.8 Å². The number of rotatable bonds is 4. The molecular formula is C14H24Cl2N4O. The number of hydrogen-bond acceptors (Lipinski definition) is 4. The molecule has 1 amide bonds. The van der Waals surface area contributed by atoms with E-state index in [2.05, 4.69) is 15.2 Å². The van der Waals surface area contributed by atoms with Crippen molar-refractivity contribution in [1.29, 1.82) is 0 Å². The predicted octanol–water partition coefficient (Wildman–Crippen LogP) is 1.88. The molecule has 1 fully saturated rings. The van der Waals surface area contributed by atoms with Crippen LogP contribution in [-0.4, -0.2) is 30.0 Å². The molecule has 21 heavy (non-hydrogen) atoms. The Labute approximate surface area is 138 Å². The maximum atomic E-state index is 11.4. The minimum Gasteiger partial charge on any atom is -0.357 e. The Morgan fingerprint density at radius 1 is 1.38 bits per heavy atom. The summed E-state index contributed by atoms with van der Waals surface area (Å²) in [6, 6.07) is 3.50. The lowest BCUT2D eigenvalue weighted by atomic mass is 10.1. The predicted molar refractivity (Wildman–Crippen MR) is 90.3 cm³/mol. The highest BCUT2D eigenvalue weighted by Gasteiger charge is 2.12. The molecule has 0 radical (unpaired) electrons. The third-order valence-corrected chi connectivity index (χ3v) is 3.37. The van der Waals surface area contributed by atoms with Crippen molar-refractivity contribution in [3.63, 3.8) is 0 Å². The third kappa shape index (κ3) is 6.08. The SMILES string of the molecule is C[C@@H](N)C(=O)NCc1ccnc(N2CCCCC2)c1.Cl.Cl. The molecule has 1 aromatic heterocycles. The van der Waals surface area contributed by atoms with Gasteiger partial charge >= 0.3 is 0 Å². The molecular weight excluding hydrogens is 311 g/mol. The van der Waals surface area contributed by atoms with Crippen LogP contribution in [0.15, 0.2) is 18.3 Å². The summed E-state index contributed by atoms with van der Waals surface area (Å²) in [4.78, 5) is 18.2. The Kier molecular flexibility index (Phi) is 9.33. The second-order valence-electron chi connectivity index (χ2n) is 5.08. The lowest BCUT2D eigenvalue weighted by Crippen LogP contribution is -2.37. The van der Waals surface area contributed by atoms with E-state index in [1.165, 1.54) is 19.3 Å². The molecule has 0 saturated carbocycles. The van der Waals surface area contributed by atoms with Crippen molar-refractivity contribution >= 4 is 36.5 Å². The zero-order chi connectivity index (χ0) is 13.7. The van der Waals surface area contributed by atoms with Crippen LogP contribution in [-0.2, 0) is 11.3 Å². The number of hydrogen-bond donors (Lipinski definition) is 2. The van der Waals surface area contributed by atoms with Gasteiger partial charge in [0, 0.05) is 25.8 Å². The van der Waals surface area contributed by atoms with E-state index in [0.717, 1.165) is 24.5 Å². The molecule has 3 N–H and O–H groups in total. The first kappa shape index (κ1) is 20.0. The Balaban J connectivity index is 0.00000200. The van der Waals surface area contributed by atoms with E-state index in [1.807, 2.05) is 12.1 Å². The van der Waals surface area contributed by atoms with Crippen LogP contribution in [0.25, 0.3) is 0 Å². The van der Waals surface area contributed by atoms with Crippen LogP contribution in [0.3, 0.4) is 0 Å². The van der Waals surface area contributed by atoms with E-state index in [4.69, 9.17) is 5.73 Å². The number of nitrogens with two attached hydrogens (primary N) is 1. The second kappa shape index (κ2) is 9.82. The van der Waals surface area contributed by atoms with Crippen LogP contribution in [0.4, 0.5) is 5.82 Å². The molecule has 1 saturated heterocycles. The van der Waals surface area contributed by atoms with Crippen LogP contribution in [0.2, 0.25) is 0 Å². The molecule has 2 rings (SSSR count). The van der Waals surface area contributed by atoms with Gasteiger partial charge in [0.25, 0.3) is 0 Å². The summed E-state index contributed by atoms with van der Waals surface area (Å²) in [5, 5.41) is 2.82. The normalized spacial score (nSPS) is 15.4. The number of carbonyl (C=O) groups is 1. The number of nitrogens with one attached hydrogen (secondary N) is 1. The molecule has 0 bridgehead atoms. The molecule has 1 atom stereocenters. The topological polar surface area (TPSA) is 71.2 Å². The highest BCUT2D eigenvalue weighted by atomic mass is 35.5. The molecule has 2 heterocycles. The Bertz CT molecular complexity index is 437. The molecule has 5 nitrogen and oxygen atoms in total. The number of nitrogens with zero attached hydrogens (tertiary/aromatic N) is 2. The van der Waals surface area contributed by atoms with Crippen molar-refractivity contribution in [3.05, 3.63) is 23.9 Å². The van der Waals surface area contributed by atoms with Crippen LogP contribution >= 0.6 is 24.8 Å². The van der Waals surface area contributed by atoms with Crippen LogP contribution in [0.5, 0.6) is 0 Å². The van der Waals surface area contributed by atoms with Gasteiger partial charge in [-0.1, -0.05) is 0 Å². The highest BCUT2D eigenvalue weighted by molar-refractivity contribution is 5.85. The van der Waals surface area contributed by atoms with Gasteiger partial charge in [-0.3, -0.25) is 4.79 Å². The molecule has 1 aliphatic rings. The van der Waals surface area contributed by atoms with Crippen LogP contribution < -0.4 is 16.0 Å². The summed E-state index contributed by atoms with van der Waals surface area (Å²) in [6.45, 7) is 4.33. The minimum atomic E-state index is -0.469. The van der Waals surface area contributed by atoms with Gasteiger partial charge in [0.1, 0.15) is 5.82 Å². The molecule has 1 aliphatic heterocycles. The van der Waals surface area contributed by atoms with Crippen molar-refractivity contribution in [1.82, 2.24) is 10.3 Å². The number of piperidine rings is 1. The fraction of sp³-hybridized carbons (Fsp3) is 0.571. The number of anilines is 1. The van der Waals surface area contributed by atoms with Gasteiger partial charge in [-0.25, -0.2) is 4.98 Å². The van der Waals surface area contributed by atoms with Gasteiger partial charge in [0.2, 0.25) is 5.91 Å². The van der Waals surface area contributed by atoms with E-state index >= 15 is 0 Å². The third-order valence-electron chi connectivity index (χ3n) is 3.37. The molecule has 0 aliphatic carbocycles. The zero-order valence-electron chi connectivity index (χ0n) is 12.2. The number of aromatic nitrogens is 1. The van der Waals surface area contributed by atoms with Crippen molar-refractivity contribution in [2.75, 3.05) is 18.0 Å². The summed E-state index contributed by atoms with van der Waals surface area (Å²) in [5.41, 5.74) is 6.57. The summed E-state index contributed by atoms with van der Waals surface area (Å²) >= 11 is 0. The monoisotopic (exact) mass is 334 g/mol. The van der Waals surface area contributed by atoms with Gasteiger partial charge in [0.05, 0.1) is 6.04 Å². The molecule has 0 aromatic carbocycles. The largest absolute Gasteiger partial charge is 0.357 e. The smallest absolute Gasteiger partial charge is 0.236 e. The van der Waals surface area contributed by atoms with E-state index in [1.54, 1.807) is 13.1 Å². The molecule has 1 aromatic rings. The van der Waals surface area contributed by atoms with Gasteiger partial charge in [-0.05, 0) is 43.9 Å². The van der Waals surface area contributed by atoms with Crippen molar-refractivity contribution < 1.29 is 4.79 Å². The fourth-order valence-electron chi connectivity index (χ4n) is 2.22. The average Bonchev–Trinajstić information content (AvgIpc) is 2.46. The van der Waals surface area contributed by atoms with Crippen LogP contribution in [0, 0.1) is 0 Å². The van der Waals surface area contributed by atoms with Gasteiger partial charge in [-0.15, -0.1) is 24.8 Å². The van der Waals surface area contributed by atoms with E-state index in [9.17, 15) is 4.79 Å². The number of carbonyl (C=O) groups excluding carboxylic acids is 1. The fourth-order valence-corrected chi connectivity index (χ4v) is 2.22. The maximum Gasteiger partial charge on any atom is 0.236 e. The minimum absolute atomic E-state index is 0. The zero-order valence-corrected chi connectivity index (χ0v) is 13.9. The molecule has 7 heteroatoms. The first-order valence-electron chi connectivity index (χ1n) is 6.90. The van der Waals surface area contributed by atoms with E-state index in [0.29, 0.717) is 6.54 Å². The number of pyridine rings is 1. The second-order valence-corrected chi connectivity index (χ2v) is 5.08. The first-order chi connectivity index (χ1) is 9.16. The van der Waals surface area contributed by atoms with E-state index in [-0.39, 0.29) is 30.7 Å². The molecule has 0 spiro atoms. The van der Waals surface area contributed by atoms with Crippen molar-refractivity contribution in [2.24, 2.45) is 5.73 Å². The lowest BCUT2D eigenvalue weighted by molar-refractivity contribution is -0.122. The van der Waals surface area contributed by atoms with Gasteiger partial charge in [0.15, 0.2) is 0 Å². The summed E-state index contributed by atoms with van der Waals surface area (Å²) in [5.74, 6) is 0.878. The van der Waals surface area contributed by atoms with Crippen LogP contribution in [0.1, 0.15) is 31.7 Å².